The number of amides is 2. The second-order valence-corrected chi connectivity index (χ2v) is 28.7. The molecule has 3 aliphatic rings. The van der Waals surface area contributed by atoms with Gasteiger partial charge < -0.3 is 52.0 Å². The van der Waals surface area contributed by atoms with Crippen molar-refractivity contribution in [3.05, 3.63) is 218 Å². The number of nitrogens with one attached hydrogen (secondary N) is 4. The molecule has 15 rings (SSSR count). The molecule has 3 saturated heterocycles. The van der Waals surface area contributed by atoms with E-state index in [2.05, 4.69) is 56.5 Å². The van der Waals surface area contributed by atoms with E-state index in [-0.39, 0.29) is 53.4 Å². The molecule has 0 spiro atoms. The second-order valence-electron chi connectivity index (χ2n) is 28.7. The molecule has 25 nitrogen and oxygen atoms in total. The molecule has 12 aromatic rings. The molecule has 2 atom stereocenters. The van der Waals surface area contributed by atoms with Crippen molar-refractivity contribution in [2.24, 2.45) is 29.2 Å². The first-order chi connectivity index (χ1) is 51.5. The molecule has 12 heterocycles. The molecule has 0 bridgehead atoms. The minimum absolute atomic E-state index is 0.0534. The summed E-state index contributed by atoms with van der Waals surface area (Å²) in [6.45, 7) is 15.2. The number of nitrogens with two attached hydrogens (primary N) is 2. The summed E-state index contributed by atoms with van der Waals surface area (Å²) in [6.07, 6.45) is 19.4. The third kappa shape index (κ3) is 18.5. The minimum Gasteiger partial charge on any atom is -0.444 e. The highest BCUT2D eigenvalue weighted by atomic mass is 19.1. The topological polar surface area (TPSA) is 307 Å². The van der Waals surface area contributed by atoms with Crippen LogP contribution in [0.4, 0.5) is 57.3 Å². The maximum atomic E-state index is 14.8. The Bertz CT molecular complexity index is 5090. The maximum Gasteiger partial charge on any atom is 0.410 e. The van der Waals surface area contributed by atoms with E-state index in [1.807, 2.05) is 77.9 Å². The molecule has 28 heteroatoms. The Morgan fingerprint density at radius 2 is 0.841 bits per heavy atom. The summed E-state index contributed by atoms with van der Waals surface area (Å²) in [5, 5.41) is 27.4. The normalized spacial score (nSPS) is 15.2. The summed E-state index contributed by atoms with van der Waals surface area (Å²) in [6, 6.07) is 36.2. The van der Waals surface area contributed by atoms with E-state index in [0.717, 1.165) is 77.4 Å². The van der Waals surface area contributed by atoms with Crippen LogP contribution >= 0.6 is 0 Å². The van der Waals surface area contributed by atoms with Crippen LogP contribution in [0.15, 0.2) is 183 Å². The van der Waals surface area contributed by atoms with E-state index in [0.29, 0.717) is 102 Å². The average Bonchev–Trinajstić information content (AvgIpc) is 1.47. The molecule has 0 saturated carbocycles. The number of carbonyl (C=O) groups is 3. The van der Waals surface area contributed by atoms with Gasteiger partial charge >= 0.3 is 12.2 Å². The number of hydrogen-bond donors (Lipinski definition) is 6. The first kappa shape index (κ1) is 73.6. The number of hydrogen-bond acceptors (Lipinski definition) is 20. The fraction of sp³-hybridized carbons (Fsp3) is 0.316. The number of likely N-dealkylation sites (tertiary alicyclic amines) is 2. The van der Waals surface area contributed by atoms with Crippen LogP contribution in [0, 0.1) is 35.2 Å². The predicted octanol–water partition coefficient (Wildman–Crippen LogP) is 14.6. The third-order valence-corrected chi connectivity index (χ3v) is 18.8. The Hall–Kier alpha value is -11.8. The smallest absolute Gasteiger partial charge is 0.410 e. The average molecular weight is 1450 g/mol. The summed E-state index contributed by atoms with van der Waals surface area (Å²) in [4.78, 5) is 68.7. The van der Waals surface area contributed by atoms with Gasteiger partial charge in [0, 0.05) is 153 Å². The van der Waals surface area contributed by atoms with Crippen molar-refractivity contribution in [2.75, 3.05) is 55.2 Å². The first-order valence-corrected chi connectivity index (χ1v) is 35.7. The summed E-state index contributed by atoms with van der Waals surface area (Å²) >= 11 is 0. The molecule has 0 radical (unpaired) electrons. The number of ether oxygens (including phenoxy) is 2. The third-order valence-electron chi connectivity index (χ3n) is 18.8. The zero-order chi connectivity index (χ0) is 74.9. The van der Waals surface area contributed by atoms with Gasteiger partial charge in [-0.3, -0.25) is 14.8 Å². The largest absolute Gasteiger partial charge is 0.444 e. The molecule has 552 valence electrons. The fourth-order valence-electron chi connectivity index (χ4n) is 13.0. The Morgan fingerprint density at radius 1 is 0.477 bits per heavy atom. The van der Waals surface area contributed by atoms with E-state index < -0.39 is 22.8 Å². The van der Waals surface area contributed by atoms with Crippen LogP contribution in [0.2, 0.25) is 0 Å². The van der Waals surface area contributed by atoms with Crippen molar-refractivity contribution in [1.29, 1.82) is 0 Å². The van der Waals surface area contributed by atoms with Crippen molar-refractivity contribution in [3.63, 3.8) is 0 Å². The highest BCUT2D eigenvalue weighted by Gasteiger charge is 2.33. The van der Waals surface area contributed by atoms with Crippen molar-refractivity contribution in [2.45, 2.75) is 103 Å². The second kappa shape index (κ2) is 32.3. The van der Waals surface area contributed by atoms with Gasteiger partial charge in [0.25, 0.3) is 0 Å². The molecule has 3 fully saturated rings. The lowest BCUT2D eigenvalue weighted by atomic mass is 9.88. The monoisotopic (exact) mass is 1450 g/mol. The van der Waals surface area contributed by atoms with E-state index in [4.69, 9.17) is 30.9 Å². The van der Waals surface area contributed by atoms with Gasteiger partial charge in [0.1, 0.15) is 51.8 Å². The standard InChI is InChI=1S/C28H32FN7O2.C28H29FN6O3.C23H24FN7/c1-28(2,3)38-27(37)35-13-9-18(10-14-35)26(30)23-7-5-19-17-31-25(16-24(19)33-23)34-22-8-6-20(15-21(22)29)36-12-4-11-32-36;1-28(2,3)38-27(37)34-13-9-18(10-14-34)26(36)23-7-5-19-17-30-25(16-24(19)32-23)33-22-8-6-20(15-21(22)29)35-12-4-11-31-35;24-18-12-17(31-11-1-8-28-31)3-5-19(18)30-22-13-21-16(14-27-22)2-4-20(29-21)23(25)15-6-9-26-10-7-15/h4-8,11-12,15-18,26H,9-10,13-14,30H2,1-3H3,(H,31,34);4-8,11-12,15-18H,9-10,13-14H2,1-3H3,(H,30,33);1-5,8,11-15,23,26H,6-7,9-10,25H2,(H,27,30). The summed E-state index contributed by atoms with van der Waals surface area (Å²) in [5.41, 5.74) is 19.0. The number of ketones is 1. The number of halogens is 3. The Labute approximate surface area is 616 Å². The molecular formula is C79H85F3N20O5. The number of Topliss-reactive ketones (excluding diaryl/α,β-unsaturated/α-hetero) is 1. The van der Waals surface area contributed by atoms with Crippen molar-refractivity contribution in [1.82, 2.24) is 74.4 Å². The van der Waals surface area contributed by atoms with Crippen LogP contribution in [-0.4, -0.2) is 137 Å². The Balaban J connectivity index is 0.000000143. The van der Waals surface area contributed by atoms with Crippen LogP contribution < -0.4 is 32.7 Å². The van der Waals surface area contributed by atoms with Crippen LogP contribution in [0.5, 0.6) is 0 Å². The molecule has 0 aliphatic carbocycles. The van der Waals surface area contributed by atoms with Gasteiger partial charge in [-0.15, -0.1) is 0 Å². The molecule has 8 N–H and O–H groups in total. The lowest BCUT2D eigenvalue weighted by Crippen LogP contribution is -2.43. The minimum atomic E-state index is -0.559. The number of pyridine rings is 6. The maximum absolute atomic E-state index is 14.8. The van der Waals surface area contributed by atoms with Crippen molar-refractivity contribution >= 4 is 85.2 Å². The van der Waals surface area contributed by atoms with E-state index in [9.17, 15) is 27.6 Å². The van der Waals surface area contributed by atoms with Crippen LogP contribution in [0.3, 0.4) is 0 Å². The molecule has 3 aromatic carbocycles. The molecule has 3 aliphatic heterocycles. The summed E-state index contributed by atoms with van der Waals surface area (Å²) in [7, 11) is 0. The van der Waals surface area contributed by atoms with Crippen LogP contribution in [-0.2, 0) is 9.47 Å². The van der Waals surface area contributed by atoms with E-state index in [1.165, 1.54) is 18.2 Å². The lowest BCUT2D eigenvalue weighted by Gasteiger charge is -2.35. The van der Waals surface area contributed by atoms with Crippen LogP contribution in [0.1, 0.15) is 114 Å². The van der Waals surface area contributed by atoms with Crippen LogP contribution in [0.25, 0.3) is 49.8 Å². The summed E-state index contributed by atoms with van der Waals surface area (Å²) < 4.78 is 59.9. The number of carbonyl (C=O) groups excluding carboxylic acids is 3. The zero-order valence-corrected chi connectivity index (χ0v) is 60.3. The first-order valence-electron chi connectivity index (χ1n) is 35.7. The molecule has 2 unspecified atom stereocenters. The SMILES string of the molecule is CC(C)(C)OC(=O)N1CCC(C(=O)c2ccc3cnc(Nc4ccc(-n5cccn5)cc4F)cc3n2)CC1.CC(C)(C)OC(=O)N1CCC(C(N)c2ccc3cnc(Nc4ccc(-n5cccn5)cc4F)cc3n2)CC1.NC(c1ccc2cnc(Nc3ccc(-n4cccn4)cc3F)cc2n1)C1CCNCC1. The zero-order valence-electron chi connectivity index (χ0n) is 60.3. The molecule has 9 aromatic heterocycles. The van der Waals surface area contributed by atoms with Crippen molar-refractivity contribution in [3.8, 4) is 17.1 Å². The van der Waals surface area contributed by atoms with Gasteiger partial charge in [0.15, 0.2) is 5.78 Å². The van der Waals surface area contributed by atoms with Gasteiger partial charge in [-0.1, -0.05) is 0 Å². The number of rotatable bonds is 15. The van der Waals surface area contributed by atoms with Gasteiger partial charge in [0.05, 0.1) is 62.1 Å². The lowest BCUT2D eigenvalue weighted by molar-refractivity contribution is 0.0168. The summed E-state index contributed by atoms with van der Waals surface area (Å²) in [5.74, 6) is 0.508. The molecular weight excluding hydrogens is 1370 g/mol. The van der Waals surface area contributed by atoms with Crippen molar-refractivity contribution < 1.29 is 37.0 Å². The number of piperidine rings is 3. The number of nitrogens with zero attached hydrogens (tertiary/aromatic N) is 14. The van der Waals surface area contributed by atoms with Gasteiger partial charge in [-0.2, -0.15) is 15.3 Å². The number of aromatic nitrogens is 12. The van der Waals surface area contributed by atoms with E-state index >= 15 is 0 Å². The number of benzene rings is 3. The van der Waals surface area contributed by atoms with E-state index in [1.54, 1.807) is 152 Å². The highest BCUT2D eigenvalue weighted by Crippen LogP contribution is 2.34. The predicted molar refractivity (Wildman–Crippen MR) is 404 cm³/mol. The fourth-order valence-corrected chi connectivity index (χ4v) is 13.0. The highest BCUT2D eigenvalue weighted by molar-refractivity contribution is 5.98. The quantitative estimate of drug-likeness (QED) is 0.0520. The Morgan fingerprint density at radius 3 is 1.21 bits per heavy atom. The number of fused-ring (bicyclic) bond motifs is 3. The molecule has 2 amide bonds. The number of anilines is 6. The Kier molecular flexibility index (Phi) is 22.2. The molecule has 107 heavy (non-hydrogen) atoms. The van der Waals surface area contributed by atoms with Gasteiger partial charge in [-0.25, -0.2) is 56.7 Å². The van der Waals surface area contributed by atoms with Gasteiger partial charge in [0.2, 0.25) is 0 Å². The van der Waals surface area contributed by atoms with Gasteiger partial charge in [-0.05, 0) is 196 Å².